The quantitative estimate of drug-likeness (QED) is 0.460. The van der Waals surface area contributed by atoms with Crippen LogP contribution < -0.4 is 0 Å². The number of thiophene rings is 1. The molecule has 0 unspecified atom stereocenters. The largest absolute Gasteiger partial charge is 0.465 e. The molecule has 0 N–H and O–H groups in total. The summed E-state index contributed by atoms with van der Waals surface area (Å²) in [5.74, 6) is -0.547. The maximum atomic E-state index is 13.4. The highest BCUT2D eigenvalue weighted by Gasteiger charge is 2.37. The molecule has 0 spiro atoms. The van der Waals surface area contributed by atoms with E-state index in [4.69, 9.17) is 4.74 Å². The summed E-state index contributed by atoms with van der Waals surface area (Å²) in [6.45, 7) is 3.26. The van der Waals surface area contributed by atoms with Crippen molar-refractivity contribution in [3.63, 3.8) is 0 Å². The zero-order valence-corrected chi connectivity index (χ0v) is 20.4. The van der Waals surface area contributed by atoms with Crippen LogP contribution in [-0.4, -0.2) is 56.6 Å². The molecule has 6 nitrogen and oxygen atoms in total. The van der Waals surface area contributed by atoms with Gasteiger partial charge in [-0.3, -0.25) is 4.90 Å². The van der Waals surface area contributed by atoms with Gasteiger partial charge in [-0.1, -0.05) is 18.6 Å². The summed E-state index contributed by atoms with van der Waals surface area (Å²) >= 11 is 2.97. The van der Waals surface area contributed by atoms with Crippen LogP contribution in [0, 0.1) is 0 Å². The molecule has 2 aromatic rings. The Balaban J connectivity index is 1.62. The molecular weight excluding hydrogens is 452 g/mol. The summed E-state index contributed by atoms with van der Waals surface area (Å²) in [5, 5.41) is 0. The van der Waals surface area contributed by atoms with Gasteiger partial charge in [0.05, 0.1) is 12.7 Å². The average Bonchev–Trinajstić information content (AvgIpc) is 3.19. The van der Waals surface area contributed by atoms with Crippen LogP contribution in [0.5, 0.6) is 0 Å². The van der Waals surface area contributed by atoms with E-state index in [0.717, 1.165) is 42.8 Å². The van der Waals surface area contributed by atoms with Gasteiger partial charge < -0.3 is 4.74 Å². The maximum Gasteiger partial charge on any atom is 0.340 e. The lowest BCUT2D eigenvalue weighted by molar-refractivity contribution is 0.0595. The number of nitrogens with zero attached hydrogens (tertiary/aromatic N) is 2. The third-order valence-corrected chi connectivity index (χ3v) is 10.3. The Hall–Kier alpha value is -1.39. The van der Waals surface area contributed by atoms with Gasteiger partial charge in [-0.2, -0.15) is 4.31 Å². The van der Waals surface area contributed by atoms with Crippen molar-refractivity contribution in [3.8, 4) is 0 Å². The molecule has 1 fully saturated rings. The zero-order valence-electron chi connectivity index (χ0n) is 17.9. The van der Waals surface area contributed by atoms with E-state index < -0.39 is 16.0 Å². The van der Waals surface area contributed by atoms with E-state index in [9.17, 15) is 13.2 Å². The lowest BCUT2D eigenvalue weighted by Gasteiger charge is -2.27. The van der Waals surface area contributed by atoms with Gasteiger partial charge in [0.1, 0.15) is 4.21 Å². The number of carbonyl (C=O) groups excluding carboxylic acids is 1. The number of sulfonamides is 1. The first-order valence-electron chi connectivity index (χ1n) is 10.5. The fourth-order valence-corrected chi connectivity index (χ4v) is 8.26. The van der Waals surface area contributed by atoms with Crippen LogP contribution >= 0.6 is 23.1 Å². The molecule has 0 amide bonds. The molecule has 1 aromatic carbocycles. The summed E-state index contributed by atoms with van der Waals surface area (Å²) in [4.78, 5) is 17.1. The SMILES string of the molecule is COC(=O)c1c(S(=O)(=O)N2CCCCC2)sc2c1CCN(Cc1ccc(SC)cc1)C2. The van der Waals surface area contributed by atoms with E-state index in [1.807, 2.05) is 0 Å². The molecular formula is C22H28N2O4S3. The predicted molar refractivity (Wildman–Crippen MR) is 124 cm³/mol. The van der Waals surface area contributed by atoms with Gasteiger partial charge in [0, 0.05) is 42.5 Å². The number of methoxy groups -OCH3 is 1. The van der Waals surface area contributed by atoms with Crippen LogP contribution in [0.3, 0.4) is 0 Å². The average molecular weight is 481 g/mol. The van der Waals surface area contributed by atoms with Gasteiger partial charge in [0.15, 0.2) is 0 Å². The Bertz CT molecular complexity index is 1040. The molecule has 168 valence electrons. The van der Waals surface area contributed by atoms with Gasteiger partial charge in [0.2, 0.25) is 0 Å². The van der Waals surface area contributed by atoms with Crippen molar-refractivity contribution in [3.05, 3.63) is 45.8 Å². The summed E-state index contributed by atoms with van der Waals surface area (Å²) in [6.07, 6.45) is 5.48. The van der Waals surface area contributed by atoms with Crippen LogP contribution in [0.2, 0.25) is 0 Å². The number of benzene rings is 1. The molecule has 1 saturated heterocycles. The number of ether oxygens (including phenoxy) is 1. The Kier molecular flexibility index (Phi) is 7.07. The highest BCUT2D eigenvalue weighted by Crippen LogP contribution is 2.39. The van der Waals surface area contributed by atoms with Crippen LogP contribution in [0.1, 0.15) is 45.6 Å². The van der Waals surface area contributed by atoms with Crippen molar-refractivity contribution in [2.24, 2.45) is 0 Å². The molecule has 2 aliphatic heterocycles. The monoisotopic (exact) mass is 480 g/mol. The molecule has 0 bridgehead atoms. The van der Waals surface area contributed by atoms with E-state index in [1.165, 1.54) is 33.2 Å². The van der Waals surface area contributed by atoms with E-state index >= 15 is 0 Å². The minimum absolute atomic E-state index is 0.164. The molecule has 31 heavy (non-hydrogen) atoms. The zero-order chi connectivity index (χ0) is 22.0. The van der Waals surface area contributed by atoms with Gasteiger partial charge in [-0.15, -0.1) is 23.1 Å². The minimum Gasteiger partial charge on any atom is -0.465 e. The number of fused-ring (bicyclic) bond motifs is 1. The Labute approximate surface area is 192 Å². The topological polar surface area (TPSA) is 66.9 Å². The summed E-state index contributed by atoms with van der Waals surface area (Å²) in [5.41, 5.74) is 2.34. The maximum absolute atomic E-state index is 13.4. The van der Waals surface area contributed by atoms with Crippen LogP contribution in [0.15, 0.2) is 33.4 Å². The number of rotatable bonds is 6. The lowest BCUT2D eigenvalue weighted by atomic mass is 10.0. The van der Waals surface area contributed by atoms with Crippen molar-refractivity contribution in [1.82, 2.24) is 9.21 Å². The lowest BCUT2D eigenvalue weighted by Crippen LogP contribution is -2.36. The van der Waals surface area contributed by atoms with Gasteiger partial charge in [0.25, 0.3) is 10.0 Å². The first-order chi connectivity index (χ1) is 14.9. The highest BCUT2D eigenvalue weighted by molar-refractivity contribution is 7.98. The van der Waals surface area contributed by atoms with Crippen LogP contribution in [0.4, 0.5) is 0 Å². The van der Waals surface area contributed by atoms with Crippen molar-refractivity contribution in [2.45, 2.75) is 47.9 Å². The van der Waals surface area contributed by atoms with Gasteiger partial charge >= 0.3 is 5.97 Å². The molecule has 0 saturated carbocycles. The Morgan fingerprint density at radius 3 is 2.48 bits per heavy atom. The molecule has 0 aliphatic carbocycles. The molecule has 2 aliphatic rings. The standard InChI is InChI=1S/C22H28N2O4S3/c1-28-21(25)20-18-10-13-23(14-16-6-8-17(29-2)9-7-16)15-19(18)30-22(20)31(26,27)24-11-4-3-5-12-24/h6-9H,3-5,10-15H2,1-2H3. The molecule has 1 aromatic heterocycles. The number of piperidine rings is 1. The second-order valence-electron chi connectivity index (χ2n) is 7.93. The number of carbonyl (C=O) groups is 1. The van der Waals surface area contributed by atoms with Crippen molar-refractivity contribution in [2.75, 3.05) is 33.0 Å². The molecule has 4 rings (SSSR count). The third kappa shape index (κ3) is 4.71. The van der Waals surface area contributed by atoms with E-state index in [2.05, 4.69) is 35.4 Å². The fraction of sp³-hybridized carbons (Fsp3) is 0.500. The summed E-state index contributed by atoms with van der Waals surface area (Å²) in [6, 6.07) is 8.53. The van der Waals surface area contributed by atoms with Crippen molar-refractivity contribution < 1.29 is 17.9 Å². The number of thioether (sulfide) groups is 1. The normalized spacial score (nSPS) is 18.0. The Morgan fingerprint density at radius 2 is 1.84 bits per heavy atom. The highest BCUT2D eigenvalue weighted by atomic mass is 32.2. The summed E-state index contributed by atoms with van der Waals surface area (Å²) < 4.78 is 33.5. The molecule has 9 heteroatoms. The predicted octanol–water partition coefficient (Wildman–Crippen LogP) is 3.99. The van der Waals surface area contributed by atoms with Crippen LogP contribution in [0.25, 0.3) is 0 Å². The third-order valence-electron chi connectivity index (χ3n) is 5.95. The number of esters is 1. The second kappa shape index (κ2) is 9.62. The fourth-order valence-electron chi connectivity index (χ4n) is 4.27. The van der Waals surface area contributed by atoms with Crippen LogP contribution in [-0.2, 0) is 34.3 Å². The summed E-state index contributed by atoms with van der Waals surface area (Å²) in [7, 11) is -2.38. The second-order valence-corrected chi connectivity index (χ2v) is 12.0. The smallest absolute Gasteiger partial charge is 0.340 e. The number of hydrogen-bond donors (Lipinski definition) is 0. The van der Waals surface area contributed by atoms with E-state index in [1.54, 1.807) is 11.8 Å². The van der Waals surface area contributed by atoms with Gasteiger partial charge in [-0.25, -0.2) is 13.2 Å². The minimum atomic E-state index is -3.70. The molecule has 0 atom stereocenters. The van der Waals surface area contributed by atoms with Crippen molar-refractivity contribution >= 4 is 39.1 Å². The van der Waals surface area contributed by atoms with Crippen molar-refractivity contribution in [1.29, 1.82) is 0 Å². The Morgan fingerprint density at radius 1 is 1.13 bits per heavy atom. The molecule has 0 radical (unpaired) electrons. The first kappa shape index (κ1) is 22.8. The molecule has 3 heterocycles. The van der Waals surface area contributed by atoms with Gasteiger partial charge in [-0.05, 0) is 48.8 Å². The number of hydrogen-bond acceptors (Lipinski definition) is 7. The van der Waals surface area contributed by atoms with E-state index in [-0.39, 0.29) is 9.77 Å². The first-order valence-corrected chi connectivity index (χ1v) is 14.0. The van der Waals surface area contributed by atoms with E-state index in [0.29, 0.717) is 26.1 Å².